The highest BCUT2D eigenvalue weighted by Gasteiger charge is 2.40. The number of halogens is 3. The summed E-state index contributed by atoms with van der Waals surface area (Å²) in [6.07, 6.45) is -1.01. The van der Waals surface area contributed by atoms with Crippen LogP contribution in [0.2, 0.25) is 0 Å². The Balaban J connectivity index is 2.13. The van der Waals surface area contributed by atoms with Crippen molar-refractivity contribution >= 4 is 19.7 Å². The van der Waals surface area contributed by atoms with E-state index in [2.05, 4.69) is 0 Å². The van der Waals surface area contributed by atoms with Crippen LogP contribution in [0.4, 0.5) is 18.0 Å². The number of alkyl halides is 3. The molecule has 1 amide bonds. The Bertz CT molecular complexity index is 581. The van der Waals surface area contributed by atoms with E-state index >= 15 is 0 Å². The van der Waals surface area contributed by atoms with Crippen molar-refractivity contribution in [3.05, 3.63) is 41.5 Å². The zero-order chi connectivity index (χ0) is 16.5. The molecule has 0 aromatic heterocycles. The molecule has 0 N–H and O–H groups in total. The summed E-state index contributed by atoms with van der Waals surface area (Å²) in [5.41, 5.74) is -0.906. The van der Waals surface area contributed by atoms with Crippen molar-refractivity contribution in [3.8, 4) is 0 Å². The lowest BCUT2D eigenvalue weighted by atomic mass is 10.0. The Morgan fingerprint density at radius 1 is 1.36 bits per heavy atom. The minimum atomic E-state index is -4.35. The zero-order valence-corrected chi connectivity index (χ0v) is 12.2. The molecule has 1 fully saturated rings. The monoisotopic (exact) mass is 309 g/mol. The third-order valence-electron chi connectivity index (χ3n) is 3.51. The van der Waals surface area contributed by atoms with Gasteiger partial charge in [0.15, 0.2) is 5.81 Å². The number of hydrogen-bond acceptors (Lipinski definition) is 2. The van der Waals surface area contributed by atoms with E-state index in [1.807, 2.05) is 0 Å². The van der Waals surface area contributed by atoms with Gasteiger partial charge >= 0.3 is 6.18 Å². The standard InChI is InChI=1S/C15H15BF3NO2/c1-14(2)20(13(16)21)12(9-22-14)8-5-10-3-6-11(7-4-10)15(17,18)19/h3-8,12H,9H2,1-2H3/t12-/m1/s1. The van der Waals surface area contributed by atoms with Gasteiger partial charge in [-0.15, -0.1) is 0 Å². The van der Waals surface area contributed by atoms with Gasteiger partial charge in [0, 0.05) is 0 Å². The maximum absolute atomic E-state index is 12.5. The van der Waals surface area contributed by atoms with E-state index in [0.717, 1.165) is 12.1 Å². The molecule has 0 bridgehead atoms. The van der Waals surface area contributed by atoms with Crippen LogP contribution in [0.15, 0.2) is 30.3 Å². The summed E-state index contributed by atoms with van der Waals surface area (Å²) < 4.78 is 43.0. The number of carbonyl (C=O) groups excluding carboxylic acids is 1. The van der Waals surface area contributed by atoms with Crippen LogP contribution < -0.4 is 0 Å². The lowest BCUT2D eigenvalue weighted by molar-refractivity contribution is -0.137. The molecule has 2 radical (unpaired) electrons. The van der Waals surface area contributed by atoms with E-state index in [-0.39, 0.29) is 12.6 Å². The predicted molar refractivity (Wildman–Crippen MR) is 77.3 cm³/mol. The molecule has 1 aliphatic heterocycles. The van der Waals surface area contributed by atoms with Crippen molar-refractivity contribution in [2.24, 2.45) is 0 Å². The molecule has 7 heteroatoms. The molecule has 1 atom stereocenters. The normalized spacial score (nSPS) is 21.5. The number of rotatable bonds is 2. The van der Waals surface area contributed by atoms with E-state index < -0.39 is 23.3 Å². The first-order valence-corrected chi connectivity index (χ1v) is 6.69. The SMILES string of the molecule is [B]C(=O)N1[C@H](C=Cc2ccc(C(F)(F)F)cc2)COC1(C)C. The molecule has 0 spiro atoms. The first-order chi connectivity index (χ1) is 10.1. The molecular formula is C15H15BF3NO2. The van der Waals surface area contributed by atoms with Gasteiger partial charge in [-0.1, -0.05) is 24.3 Å². The van der Waals surface area contributed by atoms with E-state index in [9.17, 15) is 18.0 Å². The van der Waals surface area contributed by atoms with Gasteiger partial charge in [-0.3, -0.25) is 4.79 Å². The van der Waals surface area contributed by atoms with Crippen LogP contribution in [0.25, 0.3) is 6.08 Å². The minimum Gasteiger partial charge on any atom is -0.354 e. The Morgan fingerprint density at radius 3 is 2.45 bits per heavy atom. The Kier molecular flexibility index (Phi) is 4.38. The van der Waals surface area contributed by atoms with Gasteiger partial charge in [0.1, 0.15) is 5.72 Å². The van der Waals surface area contributed by atoms with Gasteiger partial charge in [-0.2, -0.15) is 13.2 Å². The summed E-state index contributed by atoms with van der Waals surface area (Å²) in [6.45, 7) is 3.74. The Morgan fingerprint density at radius 2 is 1.95 bits per heavy atom. The van der Waals surface area contributed by atoms with Crippen LogP contribution in [0, 0.1) is 0 Å². The number of benzene rings is 1. The topological polar surface area (TPSA) is 29.5 Å². The molecule has 0 aliphatic carbocycles. The molecular weight excluding hydrogens is 294 g/mol. The molecule has 1 saturated heterocycles. The number of ether oxygens (including phenoxy) is 1. The summed E-state index contributed by atoms with van der Waals surface area (Å²) in [5.74, 6) is -0.607. The first-order valence-electron chi connectivity index (χ1n) is 6.69. The van der Waals surface area contributed by atoms with Crippen molar-refractivity contribution < 1.29 is 22.7 Å². The Hall–Kier alpha value is -1.76. The molecule has 116 valence electrons. The fraction of sp³-hybridized carbons (Fsp3) is 0.400. The third-order valence-corrected chi connectivity index (χ3v) is 3.51. The number of amides is 1. The van der Waals surface area contributed by atoms with Crippen LogP contribution in [0.3, 0.4) is 0 Å². The molecule has 1 aromatic carbocycles. The van der Waals surface area contributed by atoms with Crippen molar-refractivity contribution in [2.75, 3.05) is 6.61 Å². The molecule has 3 nitrogen and oxygen atoms in total. The largest absolute Gasteiger partial charge is 0.416 e. The minimum absolute atomic E-state index is 0.285. The highest BCUT2D eigenvalue weighted by atomic mass is 19.4. The maximum Gasteiger partial charge on any atom is 0.416 e. The van der Waals surface area contributed by atoms with Crippen molar-refractivity contribution in [3.63, 3.8) is 0 Å². The average molecular weight is 309 g/mol. The van der Waals surface area contributed by atoms with E-state index in [1.54, 1.807) is 26.0 Å². The number of carbonyl (C=O) groups is 1. The highest BCUT2D eigenvalue weighted by molar-refractivity contribution is 6.57. The Labute approximate surface area is 128 Å². The highest BCUT2D eigenvalue weighted by Crippen LogP contribution is 2.30. The second-order valence-electron chi connectivity index (χ2n) is 5.51. The van der Waals surface area contributed by atoms with E-state index in [0.29, 0.717) is 5.56 Å². The summed E-state index contributed by atoms with van der Waals surface area (Å²) in [7, 11) is 5.35. The zero-order valence-electron chi connectivity index (χ0n) is 12.2. The van der Waals surface area contributed by atoms with Gasteiger partial charge in [0.05, 0.1) is 18.2 Å². The van der Waals surface area contributed by atoms with Crippen LogP contribution >= 0.6 is 0 Å². The first kappa shape index (κ1) is 16.6. The molecule has 1 heterocycles. The van der Waals surface area contributed by atoms with Crippen LogP contribution in [-0.2, 0) is 10.9 Å². The van der Waals surface area contributed by atoms with Crippen LogP contribution in [0.5, 0.6) is 0 Å². The smallest absolute Gasteiger partial charge is 0.354 e. The van der Waals surface area contributed by atoms with Gasteiger partial charge in [-0.05, 0) is 31.5 Å². The van der Waals surface area contributed by atoms with Crippen molar-refractivity contribution in [2.45, 2.75) is 31.8 Å². The fourth-order valence-corrected chi connectivity index (χ4v) is 2.41. The molecule has 2 rings (SSSR count). The number of hydrogen-bond donors (Lipinski definition) is 0. The van der Waals surface area contributed by atoms with E-state index in [1.165, 1.54) is 17.0 Å². The quantitative estimate of drug-likeness (QED) is 0.783. The summed E-state index contributed by atoms with van der Waals surface area (Å²) in [4.78, 5) is 12.9. The van der Waals surface area contributed by atoms with Gasteiger partial charge in [-0.25, -0.2) is 0 Å². The number of nitrogens with zero attached hydrogens (tertiary/aromatic N) is 1. The van der Waals surface area contributed by atoms with Crippen molar-refractivity contribution in [1.29, 1.82) is 0 Å². The van der Waals surface area contributed by atoms with Crippen LogP contribution in [0.1, 0.15) is 25.0 Å². The molecule has 1 aliphatic rings. The van der Waals surface area contributed by atoms with E-state index in [4.69, 9.17) is 12.6 Å². The van der Waals surface area contributed by atoms with Gasteiger partial charge < -0.3 is 9.64 Å². The molecule has 22 heavy (non-hydrogen) atoms. The fourth-order valence-electron chi connectivity index (χ4n) is 2.41. The predicted octanol–water partition coefficient (Wildman–Crippen LogP) is 3.44. The molecule has 0 saturated carbocycles. The maximum atomic E-state index is 12.5. The second kappa shape index (κ2) is 5.80. The average Bonchev–Trinajstić information content (AvgIpc) is 2.71. The summed E-state index contributed by atoms with van der Waals surface area (Å²) >= 11 is 0. The van der Waals surface area contributed by atoms with Crippen molar-refractivity contribution in [1.82, 2.24) is 4.90 Å². The lowest BCUT2D eigenvalue weighted by Gasteiger charge is -2.32. The summed E-state index contributed by atoms with van der Waals surface area (Å²) in [6, 6.07) is 4.42. The van der Waals surface area contributed by atoms with Gasteiger partial charge in [0.2, 0.25) is 7.85 Å². The molecule has 0 unspecified atom stereocenters. The summed E-state index contributed by atoms with van der Waals surface area (Å²) in [5, 5.41) is 0. The van der Waals surface area contributed by atoms with Gasteiger partial charge in [0.25, 0.3) is 0 Å². The molecule has 1 aromatic rings. The van der Waals surface area contributed by atoms with Crippen LogP contribution in [-0.4, -0.2) is 36.9 Å². The second-order valence-corrected chi connectivity index (χ2v) is 5.51. The third kappa shape index (κ3) is 3.52. The lowest BCUT2D eigenvalue weighted by Crippen LogP contribution is -2.46.